The van der Waals surface area contributed by atoms with Gasteiger partial charge in [-0.05, 0) is 12.8 Å². The molecule has 15 heavy (non-hydrogen) atoms. The molecule has 1 fully saturated rings. The van der Waals surface area contributed by atoms with Crippen LogP contribution in [0.25, 0.3) is 0 Å². The number of rotatable bonds is 3. The van der Waals surface area contributed by atoms with Crippen LogP contribution in [0.2, 0.25) is 0 Å². The Labute approximate surface area is 87.8 Å². The number of carbonyl (C=O) groups is 1. The quantitative estimate of drug-likeness (QED) is 0.729. The van der Waals surface area contributed by atoms with Crippen LogP contribution in [-0.4, -0.2) is 26.9 Å². The third kappa shape index (κ3) is 2.68. The van der Waals surface area contributed by atoms with Crippen molar-refractivity contribution in [3.05, 3.63) is 6.20 Å². The van der Waals surface area contributed by atoms with E-state index in [0.29, 0.717) is 11.9 Å². The minimum absolute atomic E-state index is 0.0440. The zero-order valence-corrected chi connectivity index (χ0v) is 8.52. The molecular weight excluding hydrogens is 194 g/mol. The fourth-order valence-corrected chi connectivity index (χ4v) is 1.86. The molecule has 0 atom stereocenters. The Morgan fingerprint density at radius 1 is 1.60 bits per heavy atom. The van der Waals surface area contributed by atoms with Crippen LogP contribution in [0, 0.1) is 0 Å². The lowest BCUT2D eigenvalue weighted by atomic mass is 10.2. The van der Waals surface area contributed by atoms with Crippen LogP contribution in [0.15, 0.2) is 6.20 Å². The smallest absolute Gasteiger partial charge is 0.243 e. The molecule has 82 valence electrons. The molecular formula is C9H15N5O. The summed E-state index contributed by atoms with van der Waals surface area (Å²) in [6, 6.07) is 0.338. The topological polar surface area (TPSA) is 85.8 Å². The molecule has 1 aromatic rings. The Bertz CT molecular complexity index is 342. The largest absolute Gasteiger partial charge is 0.381 e. The number of hydrogen-bond donors (Lipinski definition) is 2. The lowest BCUT2D eigenvalue weighted by molar-refractivity contribution is -0.122. The van der Waals surface area contributed by atoms with Gasteiger partial charge in [0, 0.05) is 6.04 Å². The first kappa shape index (κ1) is 9.95. The van der Waals surface area contributed by atoms with Gasteiger partial charge in [0.05, 0.1) is 6.20 Å². The second-order valence-electron chi connectivity index (χ2n) is 3.85. The molecule has 0 saturated heterocycles. The van der Waals surface area contributed by atoms with Crippen molar-refractivity contribution in [1.29, 1.82) is 0 Å². The Kier molecular flexibility index (Phi) is 2.84. The standard InChI is InChI=1S/C9H15N5O/c10-8-5-11-14(13-8)6-9(15)12-7-3-1-2-4-7/h5,7H,1-4,6H2,(H2,10,13)(H,12,15). The SMILES string of the molecule is Nc1cnn(CC(=O)NC2CCCC2)n1. The molecule has 0 unspecified atom stereocenters. The van der Waals surface area contributed by atoms with E-state index in [0.717, 1.165) is 12.8 Å². The summed E-state index contributed by atoms with van der Waals surface area (Å²) in [4.78, 5) is 12.8. The van der Waals surface area contributed by atoms with Gasteiger partial charge in [-0.25, -0.2) is 0 Å². The summed E-state index contributed by atoms with van der Waals surface area (Å²) in [5.74, 6) is 0.293. The van der Waals surface area contributed by atoms with E-state index in [-0.39, 0.29) is 12.5 Å². The molecule has 1 saturated carbocycles. The van der Waals surface area contributed by atoms with Crippen molar-refractivity contribution in [2.45, 2.75) is 38.3 Å². The Hall–Kier alpha value is -1.59. The van der Waals surface area contributed by atoms with Crippen molar-refractivity contribution in [3.8, 4) is 0 Å². The molecule has 0 radical (unpaired) electrons. The summed E-state index contributed by atoms with van der Waals surface area (Å²) in [6.45, 7) is 0.147. The van der Waals surface area contributed by atoms with Crippen LogP contribution < -0.4 is 11.1 Å². The molecule has 1 aromatic heterocycles. The predicted octanol–water partition coefficient (Wildman–Crippen LogP) is -0.0809. The van der Waals surface area contributed by atoms with Crippen LogP contribution >= 0.6 is 0 Å². The van der Waals surface area contributed by atoms with E-state index >= 15 is 0 Å². The van der Waals surface area contributed by atoms with Gasteiger partial charge in [0.1, 0.15) is 6.54 Å². The van der Waals surface area contributed by atoms with Crippen LogP contribution in [0.5, 0.6) is 0 Å². The first-order chi connectivity index (χ1) is 7.24. The van der Waals surface area contributed by atoms with E-state index < -0.39 is 0 Å². The molecule has 0 aliphatic heterocycles. The van der Waals surface area contributed by atoms with Gasteiger partial charge in [0.25, 0.3) is 0 Å². The number of anilines is 1. The second kappa shape index (κ2) is 4.29. The molecule has 1 aliphatic carbocycles. The maximum Gasteiger partial charge on any atom is 0.243 e. The summed E-state index contributed by atoms with van der Waals surface area (Å²) >= 11 is 0. The number of carbonyl (C=O) groups excluding carboxylic acids is 1. The lowest BCUT2D eigenvalue weighted by Gasteiger charge is -2.10. The van der Waals surface area contributed by atoms with Gasteiger partial charge in [0.15, 0.2) is 5.82 Å². The maximum atomic E-state index is 11.5. The highest BCUT2D eigenvalue weighted by Crippen LogP contribution is 2.17. The minimum Gasteiger partial charge on any atom is -0.381 e. The summed E-state index contributed by atoms with van der Waals surface area (Å²) in [5.41, 5.74) is 5.39. The zero-order valence-electron chi connectivity index (χ0n) is 8.52. The highest BCUT2D eigenvalue weighted by molar-refractivity contribution is 5.75. The summed E-state index contributed by atoms with van der Waals surface area (Å²) in [5, 5.41) is 10.7. The van der Waals surface area contributed by atoms with Crippen LogP contribution in [0.3, 0.4) is 0 Å². The maximum absolute atomic E-state index is 11.5. The fourth-order valence-electron chi connectivity index (χ4n) is 1.86. The van der Waals surface area contributed by atoms with E-state index in [9.17, 15) is 4.79 Å². The third-order valence-corrected chi connectivity index (χ3v) is 2.56. The summed E-state index contributed by atoms with van der Waals surface area (Å²) in [6.07, 6.45) is 6.01. The number of amides is 1. The molecule has 1 amide bonds. The van der Waals surface area contributed by atoms with Gasteiger partial charge in [0.2, 0.25) is 5.91 Å². The third-order valence-electron chi connectivity index (χ3n) is 2.56. The van der Waals surface area contributed by atoms with Crippen molar-refractivity contribution in [3.63, 3.8) is 0 Å². The van der Waals surface area contributed by atoms with Gasteiger partial charge in [-0.3, -0.25) is 4.79 Å². The molecule has 6 nitrogen and oxygen atoms in total. The molecule has 0 spiro atoms. The fraction of sp³-hybridized carbons (Fsp3) is 0.667. The van der Waals surface area contributed by atoms with Crippen LogP contribution in [0.4, 0.5) is 5.82 Å². The number of aromatic nitrogens is 3. The molecule has 3 N–H and O–H groups in total. The highest BCUT2D eigenvalue weighted by atomic mass is 16.2. The number of nitrogens with two attached hydrogens (primary N) is 1. The van der Waals surface area contributed by atoms with E-state index in [1.807, 2.05) is 0 Å². The van der Waals surface area contributed by atoms with Crippen molar-refractivity contribution in [2.75, 3.05) is 5.73 Å². The minimum atomic E-state index is -0.0440. The van der Waals surface area contributed by atoms with Crippen molar-refractivity contribution < 1.29 is 4.79 Å². The molecule has 1 aliphatic rings. The first-order valence-electron chi connectivity index (χ1n) is 5.19. The second-order valence-corrected chi connectivity index (χ2v) is 3.85. The monoisotopic (exact) mass is 209 g/mol. The summed E-state index contributed by atoms with van der Waals surface area (Å²) in [7, 11) is 0. The van der Waals surface area contributed by atoms with Gasteiger partial charge >= 0.3 is 0 Å². The highest BCUT2D eigenvalue weighted by Gasteiger charge is 2.17. The molecule has 6 heteroatoms. The van der Waals surface area contributed by atoms with E-state index in [1.165, 1.54) is 23.8 Å². The Morgan fingerprint density at radius 3 is 2.93 bits per heavy atom. The lowest BCUT2D eigenvalue weighted by Crippen LogP contribution is -2.35. The van der Waals surface area contributed by atoms with E-state index in [2.05, 4.69) is 15.5 Å². The van der Waals surface area contributed by atoms with E-state index in [4.69, 9.17) is 5.73 Å². The van der Waals surface area contributed by atoms with Crippen LogP contribution in [0.1, 0.15) is 25.7 Å². The van der Waals surface area contributed by atoms with Crippen molar-refractivity contribution >= 4 is 11.7 Å². The average Bonchev–Trinajstić information content (AvgIpc) is 2.77. The van der Waals surface area contributed by atoms with Gasteiger partial charge in [-0.2, -0.15) is 9.90 Å². The number of nitrogens with zero attached hydrogens (tertiary/aromatic N) is 3. The van der Waals surface area contributed by atoms with Gasteiger partial charge in [-0.1, -0.05) is 12.8 Å². The predicted molar refractivity (Wildman–Crippen MR) is 54.8 cm³/mol. The van der Waals surface area contributed by atoms with Crippen molar-refractivity contribution in [2.24, 2.45) is 0 Å². The summed E-state index contributed by atoms with van der Waals surface area (Å²) < 4.78 is 0. The zero-order chi connectivity index (χ0) is 10.7. The van der Waals surface area contributed by atoms with Crippen LogP contribution in [-0.2, 0) is 11.3 Å². The normalized spacial score (nSPS) is 16.8. The number of nitrogens with one attached hydrogen (secondary N) is 1. The first-order valence-corrected chi connectivity index (χ1v) is 5.19. The Balaban J connectivity index is 1.81. The number of nitrogen functional groups attached to an aromatic ring is 1. The molecule has 0 bridgehead atoms. The molecule has 0 aromatic carbocycles. The van der Waals surface area contributed by atoms with E-state index in [1.54, 1.807) is 0 Å². The van der Waals surface area contributed by atoms with Gasteiger partial charge in [-0.15, -0.1) is 5.10 Å². The van der Waals surface area contributed by atoms with Crippen molar-refractivity contribution in [1.82, 2.24) is 20.3 Å². The number of hydrogen-bond acceptors (Lipinski definition) is 4. The molecule has 1 heterocycles. The average molecular weight is 209 g/mol. The molecule has 2 rings (SSSR count). The Morgan fingerprint density at radius 2 is 2.33 bits per heavy atom. The van der Waals surface area contributed by atoms with Gasteiger partial charge < -0.3 is 11.1 Å².